The van der Waals surface area contributed by atoms with Crippen LogP contribution in [0.2, 0.25) is 5.02 Å². The van der Waals surface area contributed by atoms with E-state index in [0.717, 1.165) is 12.2 Å². The maximum Gasteiger partial charge on any atom is 0.239 e. The van der Waals surface area contributed by atoms with Crippen LogP contribution < -0.4 is 10.2 Å². The lowest BCUT2D eigenvalue weighted by Gasteiger charge is -2.24. The molecule has 1 N–H and O–H groups in total. The molecule has 1 aliphatic rings. The fraction of sp³-hybridized carbons (Fsp3) is 0.429. The van der Waals surface area contributed by atoms with Crippen LogP contribution >= 0.6 is 11.6 Å². The molecule has 19 heavy (non-hydrogen) atoms. The predicted molar refractivity (Wildman–Crippen MR) is 75.2 cm³/mol. The predicted octanol–water partition coefficient (Wildman–Crippen LogP) is 2.17. The van der Waals surface area contributed by atoms with E-state index in [0.29, 0.717) is 23.0 Å². The summed E-state index contributed by atoms with van der Waals surface area (Å²) in [5.74, 6) is 0.639. The van der Waals surface area contributed by atoms with Gasteiger partial charge in [-0.25, -0.2) is 0 Å². The molecule has 0 aliphatic heterocycles. The van der Waals surface area contributed by atoms with Crippen molar-refractivity contribution in [3.63, 3.8) is 0 Å². The Hall–Kier alpha value is -1.73. The number of hydrogen-bond donors (Lipinski definition) is 1. The average molecular weight is 278 g/mol. The number of halogens is 1. The lowest BCUT2D eigenvalue weighted by molar-refractivity contribution is -0.119. The standard InChI is InChI=1S/C14H16ClN3O/c1-17-14(19)9-18(8-10-2-3-10)12-5-4-11(7-16)13(15)6-12/h4-6,10H,2-3,8-9H2,1H3,(H,17,19). The summed E-state index contributed by atoms with van der Waals surface area (Å²) in [6.07, 6.45) is 2.43. The second kappa shape index (κ2) is 5.94. The lowest BCUT2D eigenvalue weighted by Crippen LogP contribution is -2.36. The molecule has 0 unspecified atom stereocenters. The van der Waals surface area contributed by atoms with Crippen molar-refractivity contribution < 1.29 is 4.79 Å². The molecule has 0 heterocycles. The quantitative estimate of drug-likeness (QED) is 0.897. The number of rotatable bonds is 5. The highest BCUT2D eigenvalue weighted by molar-refractivity contribution is 6.32. The average Bonchev–Trinajstić information content (AvgIpc) is 3.21. The van der Waals surface area contributed by atoms with E-state index in [1.54, 1.807) is 19.2 Å². The number of anilines is 1. The Balaban J connectivity index is 2.18. The van der Waals surface area contributed by atoms with E-state index >= 15 is 0 Å². The van der Waals surface area contributed by atoms with Crippen LogP contribution in [-0.4, -0.2) is 26.0 Å². The van der Waals surface area contributed by atoms with E-state index in [9.17, 15) is 4.79 Å². The van der Waals surface area contributed by atoms with E-state index in [1.165, 1.54) is 12.8 Å². The SMILES string of the molecule is CNC(=O)CN(CC1CC1)c1ccc(C#N)c(Cl)c1. The maximum absolute atomic E-state index is 11.6. The minimum atomic E-state index is -0.0267. The molecule has 100 valence electrons. The van der Waals surface area contributed by atoms with Gasteiger partial charge in [-0.3, -0.25) is 4.79 Å². The van der Waals surface area contributed by atoms with Crippen molar-refractivity contribution in [1.29, 1.82) is 5.26 Å². The topological polar surface area (TPSA) is 56.1 Å². The van der Waals surface area contributed by atoms with Crippen molar-refractivity contribution >= 4 is 23.2 Å². The summed E-state index contributed by atoms with van der Waals surface area (Å²) in [5, 5.41) is 11.9. The van der Waals surface area contributed by atoms with Crippen LogP contribution in [0.3, 0.4) is 0 Å². The Kier molecular flexibility index (Phi) is 4.28. The van der Waals surface area contributed by atoms with Gasteiger partial charge >= 0.3 is 0 Å². The van der Waals surface area contributed by atoms with Crippen LogP contribution in [0.1, 0.15) is 18.4 Å². The summed E-state index contributed by atoms with van der Waals surface area (Å²) in [5.41, 5.74) is 1.34. The molecule has 1 amide bonds. The molecule has 0 aromatic heterocycles. The van der Waals surface area contributed by atoms with Crippen LogP contribution in [-0.2, 0) is 4.79 Å². The summed E-state index contributed by atoms with van der Waals surface area (Å²) in [7, 11) is 1.63. The van der Waals surface area contributed by atoms with Crippen LogP contribution in [0.4, 0.5) is 5.69 Å². The number of nitrogens with one attached hydrogen (secondary N) is 1. The molecular formula is C14H16ClN3O. The number of nitrogens with zero attached hydrogens (tertiary/aromatic N) is 2. The van der Waals surface area contributed by atoms with Crippen molar-refractivity contribution in [2.24, 2.45) is 5.92 Å². The normalized spacial score (nSPS) is 13.7. The highest BCUT2D eigenvalue weighted by Crippen LogP contribution is 2.32. The van der Waals surface area contributed by atoms with E-state index < -0.39 is 0 Å². The molecule has 1 saturated carbocycles. The minimum Gasteiger partial charge on any atom is -0.362 e. The van der Waals surface area contributed by atoms with Gasteiger partial charge in [0.25, 0.3) is 0 Å². The van der Waals surface area contributed by atoms with Gasteiger partial charge in [0.2, 0.25) is 5.91 Å². The van der Waals surface area contributed by atoms with E-state index in [-0.39, 0.29) is 5.91 Å². The fourth-order valence-electron chi connectivity index (χ4n) is 1.92. The Labute approximate surface area is 118 Å². The van der Waals surface area contributed by atoms with Crippen molar-refractivity contribution in [2.45, 2.75) is 12.8 Å². The summed E-state index contributed by atoms with van der Waals surface area (Å²) in [6.45, 7) is 1.17. The fourth-order valence-corrected chi connectivity index (χ4v) is 2.13. The second-order valence-electron chi connectivity index (χ2n) is 4.77. The first kappa shape index (κ1) is 13.7. The monoisotopic (exact) mass is 277 g/mol. The number of carbonyl (C=O) groups excluding carboxylic acids is 1. The first-order valence-corrected chi connectivity index (χ1v) is 6.67. The smallest absolute Gasteiger partial charge is 0.239 e. The van der Waals surface area contributed by atoms with Crippen LogP contribution in [0.25, 0.3) is 0 Å². The molecule has 0 radical (unpaired) electrons. The Bertz CT molecular complexity index is 520. The molecule has 4 nitrogen and oxygen atoms in total. The van der Waals surface area contributed by atoms with Gasteiger partial charge in [-0.05, 0) is 37.0 Å². The van der Waals surface area contributed by atoms with Gasteiger partial charge in [0.1, 0.15) is 6.07 Å². The van der Waals surface area contributed by atoms with Crippen molar-refractivity contribution in [1.82, 2.24) is 5.32 Å². The Morgan fingerprint density at radius 1 is 1.58 bits per heavy atom. The zero-order valence-corrected chi connectivity index (χ0v) is 11.6. The summed E-state index contributed by atoms with van der Waals surface area (Å²) in [4.78, 5) is 13.6. The van der Waals surface area contributed by atoms with Gasteiger partial charge < -0.3 is 10.2 Å². The van der Waals surface area contributed by atoms with Gasteiger partial charge in [-0.15, -0.1) is 0 Å². The molecule has 0 spiro atoms. The first-order chi connectivity index (χ1) is 9.13. The van der Waals surface area contributed by atoms with Crippen LogP contribution in [0, 0.1) is 17.2 Å². The summed E-state index contributed by atoms with van der Waals surface area (Å²) < 4.78 is 0. The highest BCUT2D eigenvalue weighted by Gasteiger charge is 2.25. The van der Waals surface area contributed by atoms with Gasteiger partial charge in [-0.2, -0.15) is 5.26 Å². The van der Waals surface area contributed by atoms with Crippen molar-refractivity contribution in [2.75, 3.05) is 25.0 Å². The van der Waals surface area contributed by atoms with Gasteiger partial charge in [-0.1, -0.05) is 11.6 Å². The summed E-state index contributed by atoms with van der Waals surface area (Å²) >= 11 is 6.05. The molecule has 1 aromatic carbocycles. The molecule has 2 rings (SSSR count). The Morgan fingerprint density at radius 2 is 2.32 bits per heavy atom. The zero-order valence-electron chi connectivity index (χ0n) is 10.8. The number of hydrogen-bond acceptors (Lipinski definition) is 3. The maximum atomic E-state index is 11.6. The second-order valence-corrected chi connectivity index (χ2v) is 5.18. The molecule has 0 saturated heterocycles. The molecular weight excluding hydrogens is 262 g/mol. The first-order valence-electron chi connectivity index (χ1n) is 6.29. The zero-order chi connectivity index (χ0) is 13.8. The third-order valence-electron chi connectivity index (χ3n) is 3.23. The third kappa shape index (κ3) is 3.62. The number of likely N-dealkylation sites (N-methyl/N-ethyl adjacent to an activating group) is 1. The van der Waals surface area contributed by atoms with Gasteiger partial charge in [0.05, 0.1) is 17.1 Å². The van der Waals surface area contributed by atoms with Gasteiger partial charge in [0.15, 0.2) is 0 Å². The molecule has 5 heteroatoms. The van der Waals surface area contributed by atoms with E-state index in [2.05, 4.69) is 5.32 Å². The van der Waals surface area contributed by atoms with Crippen molar-refractivity contribution in [3.05, 3.63) is 28.8 Å². The molecule has 0 atom stereocenters. The van der Waals surface area contributed by atoms with Crippen LogP contribution in [0.15, 0.2) is 18.2 Å². The van der Waals surface area contributed by atoms with Crippen molar-refractivity contribution in [3.8, 4) is 6.07 Å². The van der Waals surface area contributed by atoms with Gasteiger partial charge in [0, 0.05) is 19.3 Å². The molecule has 1 fully saturated rings. The van der Waals surface area contributed by atoms with E-state index in [4.69, 9.17) is 16.9 Å². The minimum absolute atomic E-state index is 0.0267. The third-order valence-corrected chi connectivity index (χ3v) is 3.54. The Morgan fingerprint density at radius 3 is 2.84 bits per heavy atom. The molecule has 1 aromatic rings. The van der Waals surface area contributed by atoms with E-state index in [1.807, 2.05) is 17.0 Å². The molecule has 0 bridgehead atoms. The lowest BCUT2D eigenvalue weighted by atomic mass is 10.2. The number of benzene rings is 1. The summed E-state index contributed by atoms with van der Waals surface area (Å²) in [6, 6.07) is 7.33. The largest absolute Gasteiger partial charge is 0.362 e. The number of nitriles is 1. The number of amides is 1. The molecule has 1 aliphatic carbocycles. The highest BCUT2D eigenvalue weighted by atomic mass is 35.5. The number of carbonyl (C=O) groups is 1. The van der Waals surface area contributed by atoms with Crippen LogP contribution in [0.5, 0.6) is 0 Å².